The summed E-state index contributed by atoms with van der Waals surface area (Å²) in [5.74, 6) is 2.56. The van der Waals surface area contributed by atoms with E-state index in [1.54, 1.807) is 7.11 Å². The van der Waals surface area contributed by atoms with Gasteiger partial charge in [0.05, 0.1) is 18.8 Å². The maximum absolute atomic E-state index is 5.49. The Balaban J connectivity index is 1.88. The lowest BCUT2D eigenvalue weighted by Gasteiger charge is -2.34. The molecular formula is C16H23N3O. The van der Waals surface area contributed by atoms with Gasteiger partial charge in [0.15, 0.2) is 5.88 Å². The first-order valence-electron chi connectivity index (χ1n) is 7.45. The van der Waals surface area contributed by atoms with E-state index in [0.717, 1.165) is 30.3 Å². The molecule has 0 saturated carbocycles. The molecule has 108 valence electrons. The topological polar surface area (TPSA) is 29.8 Å². The van der Waals surface area contributed by atoms with E-state index in [1.165, 1.54) is 12.8 Å². The number of imidazole rings is 1. The molecular weight excluding hydrogens is 250 g/mol. The van der Waals surface area contributed by atoms with Gasteiger partial charge in [-0.25, -0.2) is 4.98 Å². The normalized spacial score (nSPS) is 18.0. The summed E-state index contributed by atoms with van der Waals surface area (Å²) >= 11 is 0. The molecule has 20 heavy (non-hydrogen) atoms. The van der Waals surface area contributed by atoms with Gasteiger partial charge >= 0.3 is 0 Å². The van der Waals surface area contributed by atoms with Crippen LogP contribution in [0.3, 0.4) is 0 Å². The first-order chi connectivity index (χ1) is 9.70. The Morgan fingerprint density at radius 2 is 2.00 bits per heavy atom. The minimum atomic E-state index is 0.531. The standard InChI is InChI=1S/C16H23N3O/c1-12(2)18-9-7-13(8-10-18)16-17-11-14-5-4-6-15(20-3)19(14)16/h4-6,11-13H,7-10H2,1-3H3. The van der Waals surface area contributed by atoms with Crippen LogP contribution in [0, 0.1) is 0 Å². The van der Waals surface area contributed by atoms with Crippen LogP contribution in [0.2, 0.25) is 0 Å². The number of methoxy groups -OCH3 is 1. The molecule has 0 atom stereocenters. The molecule has 1 aliphatic heterocycles. The van der Waals surface area contributed by atoms with Crippen molar-refractivity contribution >= 4 is 5.52 Å². The second kappa shape index (κ2) is 5.44. The zero-order valence-electron chi connectivity index (χ0n) is 12.5. The number of likely N-dealkylation sites (tertiary alicyclic amines) is 1. The van der Waals surface area contributed by atoms with Gasteiger partial charge in [0.2, 0.25) is 0 Å². The number of hydrogen-bond acceptors (Lipinski definition) is 3. The van der Waals surface area contributed by atoms with Gasteiger partial charge < -0.3 is 9.64 Å². The molecule has 0 radical (unpaired) electrons. The molecule has 0 spiro atoms. The van der Waals surface area contributed by atoms with Gasteiger partial charge in [-0.2, -0.15) is 0 Å². The molecule has 0 unspecified atom stereocenters. The minimum Gasteiger partial charge on any atom is -0.482 e. The van der Waals surface area contributed by atoms with Crippen LogP contribution >= 0.6 is 0 Å². The molecule has 0 aliphatic carbocycles. The quantitative estimate of drug-likeness (QED) is 0.861. The lowest BCUT2D eigenvalue weighted by Crippen LogP contribution is -2.38. The van der Waals surface area contributed by atoms with Crippen LogP contribution in [-0.4, -0.2) is 40.5 Å². The molecule has 0 N–H and O–H groups in total. The molecule has 0 aromatic carbocycles. The van der Waals surface area contributed by atoms with Crippen molar-refractivity contribution < 1.29 is 4.74 Å². The highest BCUT2D eigenvalue weighted by atomic mass is 16.5. The van der Waals surface area contributed by atoms with Crippen molar-refractivity contribution in [1.29, 1.82) is 0 Å². The number of fused-ring (bicyclic) bond motifs is 1. The number of hydrogen-bond donors (Lipinski definition) is 0. The highest BCUT2D eigenvalue weighted by Gasteiger charge is 2.25. The molecule has 3 heterocycles. The zero-order valence-corrected chi connectivity index (χ0v) is 12.5. The van der Waals surface area contributed by atoms with Gasteiger partial charge in [-0.05, 0) is 51.9 Å². The van der Waals surface area contributed by atoms with E-state index in [9.17, 15) is 0 Å². The Labute approximate surface area is 120 Å². The van der Waals surface area contributed by atoms with Gasteiger partial charge in [-0.1, -0.05) is 6.07 Å². The smallest absolute Gasteiger partial charge is 0.199 e. The largest absolute Gasteiger partial charge is 0.482 e. The van der Waals surface area contributed by atoms with Crippen LogP contribution in [0.5, 0.6) is 5.88 Å². The number of aromatic nitrogens is 2. The Hall–Kier alpha value is -1.55. The molecule has 2 aromatic heterocycles. The lowest BCUT2D eigenvalue weighted by atomic mass is 9.95. The summed E-state index contributed by atoms with van der Waals surface area (Å²) in [7, 11) is 1.72. The second-order valence-electron chi connectivity index (χ2n) is 5.85. The van der Waals surface area contributed by atoms with E-state index in [4.69, 9.17) is 4.74 Å². The monoisotopic (exact) mass is 273 g/mol. The fraction of sp³-hybridized carbons (Fsp3) is 0.562. The first-order valence-corrected chi connectivity index (χ1v) is 7.45. The van der Waals surface area contributed by atoms with Crippen LogP contribution in [-0.2, 0) is 0 Å². The first kappa shape index (κ1) is 13.4. The van der Waals surface area contributed by atoms with E-state index < -0.39 is 0 Å². The number of ether oxygens (including phenoxy) is 1. The van der Waals surface area contributed by atoms with Crippen molar-refractivity contribution in [2.45, 2.75) is 38.6 Å². The van der Waals surface area contributed by atoms with Crippen molar-refractivity contribution in [3.05, 3.63) is 30.2 Å². The molecule has 0 amide bonds. The molecule has 1 aliphatic rings. The van der Waals surface area contributed by atoms with Crippen molar-refractivity contribution in [2.24, 2.45) is 0 Å². The van der Waals surface area contributed by atoms with Crippen LogP contribution in [0.4, 0.5) is 0 Å². The summed E-state index contributed by atoms with van der Waals surface area (Å²) in [6.45, 7) is 6.86. The summed E-state index contributed by atoms with van der Waals surface area (Å²) in [6.07, 6.45) is 4.30. The Morgan fingerprint density at radius 1 is 1.25 bits per heavy atom. The number of piperidine rings is 1. The molecule has 4 heteroatoms. The van der Waals surface area contributed by atoms with Crippen LogP contribution in [0.25, 0.3) is 5.52 Å². The lowest BCUT2D eigenvalue weighted by molar-refractivity contribution is 0.169. The van der Waals surface area contributed by atoms with E-state index in [-0.39, 0.29) is 0 Å². The average Bonchev–Trinajstić information content (AvgIpc) is 2.91. The van der Waals surface area contributed by atoms with Gasteiger partial charge in [-0.3, -0.25) is 4.40 Å². The van der Waals surface area contributed by atoms with Crippen LogP contribution in [0.15, 0.2) is 24.4 Å². The van der Waals surface area contributed by atoms with Gasteiger partial charge in [0.1, 0.15) is 5.82 Å². The molecule has 1 fully saturated rings. The van der Waals surface area contributed by atoms with E-state index in [1.807, 2.05) is 18.3 Å². The molecule has 0 bridgehead atoms. The third-order valence-electron chi connectivity index (χ3n) is 4.38. The zero-order chi connectivity index (χ0) is 14.1. The van der Waals surface area contributed by atoms with E-state index in [2.05, 4.69) is 34.2 Å². The average molecular weight is 273 g/mol. The third kappa shape index (κ3) is 2.29. The van der Waals surface area contributed by atoms with Crippen molar-refractivity contribution in [2.75, 3.05) is 20.2 Å². The predicted molar refractivity (Wildman–Crippen MR) is 80.4 cm³/mol. The van der Waals surface area contributed by atoms with Crippen LogP contribution < -0.4 is 4.74 Å². The van der Waals surface area contributed by atoms with E-state index >= 15 is 0 Å². The Bertz CT molecular complexity index is 582. The summed E-state index contributed by atoms with van der Waals surface area (Å²) in [6, 6.07) is 6.74. The molecule has 2 aromatic rings. The third-order valence-corrected chi connectivity index (χ3v) is 4.38. The van der Waals surface area contributed by atoms with Gasteiger partial charge in [0.25, 0.3) is 0 Å². The molecule has 1 saturated heterocycles. The highest BCUT2D eigenvalue weighted by Crippen LogP contribution is 2.30. The van der Waals surface area contributed by atoms with Crippen molar-refractivity contribution in [3.8, 4) is 5.88 Å². The summed E-state index contributed by atoms with van der Waals surface area (Å²) in [5.41, 5.74) is 1.12. The fourth-order valence-corrected chi connectivity index (χ4v) is 3.16. The SMILES string of the molecule is COc1cccc2cnc(C3CCN(C(C)C)CC3)n12. The van der Waals surface area contributed by atoms with Gasteiger partial charge in [-0.15, -0.1) is 0 Å². The van der Waals surface area contributed by atoms with E-state index in [0.29, 0.717) is 12.0 Å². The summed E-state index contributed by atoms with van der Waals surface area (Å²) in [5, 5.41) is 0. The van der Waals surface area contributed by atoms with Crippen molar-refractivity contribution in [1.82, 2.24) is 14.3 Å². The Kier molecular flexibility index (Phi) is 3.66. The second-order valence-corrected chi connectivity index (χ2v) is 5.85. The summed E-state index contributed by atoms with van der Waals surface area (Å²) < 4.78 is 7.65. The van der Waals surface area contributed by atoms with Gasteiger partial charge in [0, 0.05) is 12.0 Å². The summed E-state index contributed by atoms with van der Waals surface area (Å²) in [4.78, 5) is 7.21. The Morgan fingerprint density at radius 3 is 2.65 bits per heavy atom. The maximum Gasteiger partial charge on any atom is 0.199 e. The molecule has 3 rings (SSSR count). The predicted octanol–water partition coefficient (Wildman–Crippen LogP) is 2.93. The fourth-order valence-electron chi connectivity index (χ4n) is 3.16. The number of rotatable bonds is 3. The minimum absolute atomic E-state index is 0.531. The highest BCUT2D eigenvalue weighted by molar-refractivity contribution is 5.49. The van der Waals surface area contributed by atoms with Crippen molar-refractivity contribution in [3.63, 3.8) is 0 Å². The van der Waals surface area contributed by atoms with Crippen LogP contribution in [0.1, 0.15) is 38.4 Å². The molecule has 4 nitrogen and oxygen atoms in total. The number of nitrogens with zero attached hydrogens (tertiary/aromatic N) is 3. The maximum atomic E-state index is 5.49. The number of pyridine rings is 1.